The molecule has 0 atom stereocenters. The lowest BCUT2D eigenvalue weighted by Gasteiger charge is -2.15. The summed E-state index contributed by atoms with van der Waals surface area (Å²) in [4.78, 5) is 26.2. The molecule has 3 rings (SSSR count). The van der Waals surface area contributed by atoms with Crippen molar-refractivity contribution in [3.8, 4) is 11.5 Å². The second kappa shape index (κ2) is 8.89. The molecule has 142 valence electrons. The number of methoxy groups -OCH3 is 3. The molecular formula is C19H25NO5S. The number of fused-ring (bicyclic) bond motifs is 3. The van der Waals surface area contributed by atoms with Gasteiger partial charge in [0.2, 0.25) is 0 Å². The Bertz CT molecular complexity index is 799. The fraction of sp³-hybridized carbons (Fsp3) is 0.474. The zero-order chi connectivity index (χ0) is 19.3. The zero-order valence-corrected chi connectivity index (χ0v) is 16.7. The molecule has 0 aliphatic carbocycles. The van der Waals surface area contributed by atoms with E-state index in [1.54, 1.807) is 19.1 Å². The Morgan fingerprint density at radius 3 is 2.35 bits per heavy atom. The molecule has 1 aromatic heterocycles. The van der Waals surface area contributed by atoms with Crippen molar-refractivity contribution >= 4 is 33.3 Å². The summed E-state index contributed by atoms with van der Waals surface area (Å²) in [5, 5.41) is 0.997. The van der Waals surface area contributed by atoms with Gasteiger partial charge in [0.25, 0.3) is 5.91 Å². The van der Waals surface area contributed by atoms with Gasteiger partial charge in [0.05, 0.1) is 32.6 Å². The molecule has 0 saturated heterocycles. The number of carbonyl (C=O) groups excluding carboxylic acids is 2. The molecule has 1 aliphatic rings. The van der Waals surface area contributed by atoms with Crippen LogP contribution in [0.25, 0.3) is 10.1 Å². The summed E-state index contributed by atoms with van der Waals surface area (Å²) >= 11 is 1.44. The summed E-state index contributed by atoms with van der Waals surface area (Å²) in [5.74, 6) is 0.934. The Morgan fingerprint density at radius 2 is 1.77 bits per heavy atom. The maximum Gasteiger partial charge on any atom is 0.307 e. The van der Waals surface area contributed by atoms with Crippen LogP contribution in [0.3, 0.4) is 0 Å². The van der Waals surface area contributed by atoms with Gasteiger partial charge in [-0.2, -0.15) is 0 Å². The van der Waals surface area contributed by atoms with E-state index in [2.05, 4.69) is 18.6 Å². The van der Waals surface area contributed by atoms with Gasteiger partial charge in [-0.15, -0.1) is 11.3 Å². The minimum absolute atomic E-state index is 0.0389. The van der Waals surface area contributed by atoms with E-state index in [0.29, 0.717) is 24.6 Å². The largest absolute Gasteiger partial charge is 0.493 e. The van der Waals surface area contributed by atoms with Gasteiger partial charge >= 0.3 is 5.97 Å². The minimum Gasteiger partial charge on any atom is -0.493 e. The number of rotatable bonds is 5. The first-order chi connectivity index (χ1) is 12.5. The zero-order valence-electron chi connectivity index (χ0n) is 15.9. The Hall–Kier alpha value is -2.28. The van der Waals surface area contributed by atoms with E-state index in [4.69, 9.17) is 9.47 Å². The van der Waals surface area contributed by atoms with Gasteiger partial charge in [-0.05, 0) is 6.07 Å². The number of thiophene rings is 1. The van der Waals surface area contributed by atoms with Crippen LogP contribution in [0.2, 0.25) is 0 Å². The van der Waals surface area contributed by atoms with Gasteiger partial charge in [0.1, 0.15) is 0 Å². The summed E-state index contributed by atoms with van der Waals surface area (Å²) in [6.07, 6.45) is 1.45. The van der Waals surface area contributed by atoms with Crippen molar-refractivity contribution in [2.45, 2.75) is 33.2 Å². The number of nitrogens with zero attached hydrogens (tertiary/aromatic N) is 1. The molecule has 0 unspecified atom stereocenters. The van der Waals surface area contributed by atoms with E-state index < -0.39 is 0 Å². The Labute approximate surface area is 157 Å². The normalized spacial score (nSPS) is 12.5. The first kappa shape index (κ1) is 20.0. The summed E-state index contributed by atoms with van der Waals surface area (Å²) in [7, 11) is 4.52. The molecule has 26 heavy (non-hydrogen) atoms. The molecule has 0 bridgehead atoms. The smallest absolute Gasteiger partial charge is 0.307 e. The van der Waals surface area contributed by atoms with Crippen LogP contribution < -0.4 is 9.47 Å². The standard InChI is InChI=1S/C16H17NO5S.C3H8/c1-20-11-6-9-10-8-17(5-4-14(18)22-3)16(19)15(10)23-13(9)7-12(11)21-2;1-3-2/h6-7H,4-5,8H2,1-3H3;3H2,1-2H3. The van der Waals surface area contributed by atoms with Crippen molar-refractivity contribution < 1.29 is 23.8 Å². The van der Waals surface area contributed by atoms with Gasteiger partial charge in [-0.1, -0.05) is 20.3 Å². The van der Waals surface area contributed by atoms with Crippen LogP contribution in [0.15, 0.2) is 12.1 Å². The molecule has 0 N–H and O–H groups in total. The van der Waals surface area contributed by atoms with Crippen LogP contribution in [-0.4, -0.2) is 44.7 Å². The third kappa shape index (κ3) is 3.93. The van der Waals surface area contributed by atoms with Gasteiger partial charge < -0.3 is 19.1 Å². The highest BCUT2D eigenvalue weighted by atomic mass is 32.1. The highest BCUT2D eigenvalue weighted by Crippen LogP contribution is 2.42. The fourth-order valence-electron chi connectivity index (χ4n) is 2.72. The second-order valence-corrected chi connectivity index (χ2v) is 6.93. The summed E-state index contributed by atoms with van der Waals surface area (Å²) in [6.45, 7) is 5.11. The minimum atomic E-state index is -0.315. The highest BCUT2D eigenvalue weighted by molar-refractivity contribution is 7.21. The molecule has 1 aromatic carbocycles. The van der Waals surface area contributed by atoms with E-state index >= 15 is 0 Å². The summed E-state index contributed by atoms with van der Waals surface area (Å²) in [6, 6.07) is 3.80. The molecule has 1 aliphatic heterocycles. The predicted molar refractivity (Wildman–Crippen MR) is 102 cm³/mol. The number of hydrogen-bond acceptors (Lipinski definition) is 6. The van der Waals surface area contributed by atoms with Crippen molar-refractivity contribution in [2.24, 2.45) is 0 Å². The van der Waals surface area contributed by atoms with Crippen LogP contribution in [0.1, 0.15) is 41.9 Å². The molecule has 2 heterocycles. The van der Waals surface area contributed by atoms with Crippen LogP contribution >= 0.6 is 11.3 Å². The maximum absolute atomic E-state index is 12.5. The SMILES string of the molecule is CCC.COC(=O)CCN1Cc2c(sc3cc(OC)c(OC)cc23)C1=O. The molecule has 0 spiro atoms. The molecule has 2 aromatic rings. The van der Waals surface area contributed by atoms with E-state index in [-0.39, 0.29) is 18.3 Å². The first-order valence-electron chi connectivity index (χ1n) is 8.54. The molecule has 1 amide bonds. The molecule has 6 nitrogen and oxygen atoms in total. The monoisotopic (exact) mass is 379 g/mol. The molecule has 7 heteroatoms. The molecule has 0 saturated carbocycles. The van der Waals surface area contributed by atoms with Gasteiger partial charge in [-0.25, -0.2) is 0 Å². The van der Waals surface area contributed by atoms with Crippen LogP contribution in [0, 0.1) is 0 Å². The quantitative estimate of drug-likeness (QED) is 0.738. The lowest BCUT2D eigenvalue weighted by molar-refractivity contribution is -0.140. The van der Waals surface area contributed by atoms with Crippen molar-refractivity contribution in [1.29, 1.82) is 0 Å². The third-order valence-electron chi connectivity index (χ3n) is 3.94. The van der Waals surface area contributed by atoms with E-state index in [0.717, 1.165) is 20.5 Å². The molecular weight excluding hydrogens is 354 g/mol. The van der Waals surface area contributed by atoms with Gasteiger partial charge in [0, 0.05) is 34.8 Å². The number of ether oxygens (including phenoxy) is 3. The highest BCUT2D eigenvalue weighted by Gasteiger charge is 2.32. The van der Waals surface area contributed by atoms with Gasteiger partial charge in [-0.3, -0.25) is 9.59 Å². The fourth-order valence-corrected chi connectivity index (χ4v) is 3.91. The lowest BCUT2D eigenvalue weighted by atomic mass is 10.1. The maximum atomic E-state index is 12.5. The third-order valence-corrected chi connectivity index (χ3v) is 5.12. The number of carbonyl (C=O) groups is 2. The topological polar surface area (TPSA) is 65.1 Å². The second-order valence-electron chi connectivity index (χ2n) is 5.87. The van der Waals surface area contributed by atoms with E-state index in [1.807, 2.05) is 12.1 Å². The lowest BCUT2D eigenvalue weighted by Crippen LogP contribution is -2.26. The predicted octanol–water partition coefficient (Wildman–Crippen LogP) is 3.85. The summed E-state index contributed by atoms with van der Waals surface area (Å²) in [5.41, 5.74) is 0.987. The Morgan fingerprint density at radius 1 is 1.15 bits per heavy atom. The van der Waals surface area contributed by atoms with Gasteiger partial charge in [0.15, 0.2) is 11.5 Å². The Kier molecular flexibility index (Phi) is 6.85. The Balaban J connectivity index is 0.000000758. The summed E-state index contributed by atoms with van der Waals surface area (Å²) < 4.78 is 16.3. The van der Waals surface area contributed by atoms with Crippen LogP contribution in [-0.2, 0) is 16.1 Å². The number of benzene rings is 1. The first-order valence-corrected chi connectivity index (χ1v) is 9.35. The van der Waals surface area contributed by atoms with Crippen molar-refractivity contribution in [3.05, 3.63) is 22.6 Å². The van der Waals surface area contributed by atoms with E-state index in [9.17, 15) is 9.59 Å². The number of hydrogen-bond donors (Lipinski definition) is 0. The average Bonchev–Trinajstić information content (AvgIpc) is 3.15. The number of amides is 1. The number of esters is 1. The van der Waals surface area contributed by atoms with Crippen LogP contribution in [0.4, 0.5) is 0 Å². The van der Waals surface area contributed by atoms with Crippen molar-refractivity contribution in [1.82, 2.24) is 4.90 Å². The molecule has 0 radical (unpaired) electrons. The van der Waals surface area contributed by atoms with E-state index in [1.165, 1.54) is 24.9 Å². The van der Waals surface area contributed by atoms with Crippen molar-refractivity contribution in [2.75, 3.05) is 27.9 Å². The molecule has 0 fully saturated rings. The van der Waals surface area contributed by atoms with Crippen LogP contribution in [0.5, 0.6) is 11.5 Å². The average molecular weight is 379 g/mol. The van der Waals surface area contributed by atoms with Crippen molar-refractivity contribution in [3.63, 3.8) is 0 Å².